The molecule has 0 aliphatic carbocycles. The minimum Gasteiger partial charge on any atom is -0.493 e. The average Bonchev–Trinajstić information content (AvgIpc) is 2.60. The van der Waals surface area contributed by atoms with Crippen molar-refractivity contribution in [3.05, 3.63) is 58.1 Å². The summed E-state index contributed by atoms with van der Waals surface area (Å²) in [5.74, 6) is -0.572. The fourth-order valence-corrected chi connectivity index (χ4v) is 2.55. The predicted molar refractivity (Wildman–Crippen MR) is 95.5 cm³/mol. The van der Waals surface area contributed by atoms with Crippen molar-refractivity contribution in [2.75, 3.05) is 7.11 Å². The largest absolute Gasteiger partial charge is 0.493 e. The number of primary amides is 1. The smallest absolute Gasteiger partial charge is 0.339 e. The number of halogens is 1. The molecule has 132 valence electrons. The fourth-order valence-electron chi connectivity index (χ4n) is 1.99. The van der Waals surface area contributed by atoms with Crippen molar-refractivity contribution in [3.8, 4) is 11.5 Å². The highest BCUT2D eigenvalue weighted by Gasteiger charge is 2.20. The van der Waals surface area contributed by atoms with E-state index in [0.29, 0.717) is 22.6 Å². The van der Waals surface area contributed by atoms with E-state index in [4.69, 9.17) is 19.9 Å². The Bertz CT molecular complexity index is 764. The van der Waals surface area contributed by atoms with Crippen molar-refractivity contribution >= 4 is 27.8 Å². The maximum Gasteiger partial charge on any atom is 0.339 e. The van der Waals surface area contributed by atoms with Crippen LogP contribution in [0.4, 0.5) is 0 Å². The number of rotatable bonds is 7. The van der Waals surface area contributed by atoms with Gasteiger partial charge in [-0.2, -0.15) is 0 Å². The third-order valence-corrected chi connectivity index (χ3v) is 3.96. The Kier molecular flexibility index (Phi) is 6.41. The number of esters is 1. The highest BCUT2D eigenvalue weighted by Crippen LogP contribution is 2.37. The van der Waals surface area contributed by atoms with Crippen LogP contribution in [0.1, 0.15) is 22.8 Å². The van der Waals surface area contributed by atoms with E-state index in [1.54, 1.807) is 6.07 Å². The van der Waals surface area contributed by atoms with Gasteiger partial charge in [0, 0.05) is 0 Å². The van der Waals surface area contributed by atoms with Gasteiger partial charge in [0.15, 0.2) is 17.6 Å². The number of carbonyl (C=O) groups excluding carboxylic acids is 2. The molecule has 0 saturated heterocycles. The molecular weight excluding hydrogens is 390 g/mol. The van der Waals surface area contributed by atoms with E-state index < -0.39 is 18.0 Å². The summed E-state index contributed by atoms with van der Waals surface area (Å²) >= 11 is 3.37. The number of nitrogens with two attached hydrogens (primary N) is 1. The predicted octanol–water partition coefficient (Wildman–Crippen LogP) is 3.07. The molecule has 0 radical (unpaired) electrons. The summed E-state index contributed by atoms with van der Waals surface area (Å²) in [4.78, 5) is 23.1. The Balaban J connectivity index is 2.19. The van der Waals surface area contributed by atoms with Crippen LogP contribution >= 0.6 is 15.9 Å². The van der Waals surface area contributed by atoms with E-state index in [2.05, 4.69) is 15.9 Å². The second-order valence-corrected chi connectivity index (χ2v) is 6.07. The number of amides is 1. The molecule has 2 N–H and O–H groups in total. The zero-order chi connectivity index (χ0) is 18.4. The highest BCUT2D eigenvalue weighted by atomic mass is 79.9. The zero-order valence-electron chi connectivity index (χ0n) is 13.8. The number of methoxy groups -OCH3 is 1. The van der Waals surface area contributed by atoms with Crippen LogP contribution in [0.25, 0.3) is 0 Å². The van der Waals surface area contributed by atoms with Crippen LogP contribution in [0, 0.1) is 0 Å². The van der Waals surface area contributed by atoms with Gasteiger partial charge >= 0.3 is 5.97 Å². The molecule has 0 bridgehead atoms. The van der Waals surface area contributed by atoms with Crippen molar-refractivity contribution in [2.24, 2.45) is 5.73 Å². The zero-order valence-corrected chi connectivity index (χ0v) is 15.4. The monoisotopic (exact) mass is 407 g/mol. The van der Waals surface area contributed by atoms with Gasteiger partial charge in [-0.15, -0.1) is 0 Å². The molecule has 7 heteroatoms. The van der Waals surface area contributed by atoms with Gasteiger partial charge in [-0.25, -0.2) is 4.79 Å². The van der Waals surface area contributed by atoms with Crippen LogP contribution in [0.15, 0.2) is 46.9 Å². The number of hydrogen-bond acceptors (Lipinski definition) is 5. The van der Waals surface area contributed by atoms with E-state index in [1.165, 1.54) is 20.1 Å². The molecule has 0 aromatic heterocycles. The van der Waals surface area contributed by atoms with Crippen molar-refractivity contribution in [1.29, 1.82) is 0 Å². The average molecular weight is 408 g/mol. The van der Waals surface area contributed by atoms with Gasteiger partial charge in [-0.3, -0.25) is 4.79 Å². The van der Waals surface area contributed by atoms with Crippen molar-refractivity contribution in [1.82, 2.24) is 0 Å². The summed E-state index contributed by atoms with van der Waals surface area (Å²) in [5.41, 5.74) is 6.30. The number of carbonyl (C=O) groups is 2. The van der Waals surface area contributed by atoms with E-state index >= 15 is 0 Å². The first-order valence-corrected chi connectivity index (χ1v) is 8.26. The molecule has 0 aliphatic heterocycles. The van der Waals surface area contributed by atoms with E-state index in [1.807, 2.05) is 30.3 Å². The lowest BCUT2D eigenvalue weighted by Gasteiger charge is -2.15. The summed E-state index contributed by atoms with van der Waals surface area (Å²) in [5, 5.41) is 0. The molecule has 6 nitrogen and oxygen atoms in total. The molecule has 0 saturated carbocycles. The maximum atomic E-state index is 12.1. The van der Waals surface area contributed by atoms with Crippen molar-refractivity contribution in [3.63, 3.8) is 0 Å². The van der Waals surface area contributed by atoms with Gasteiger partial charge in [0.05, 0.1) is 17.1 Å². The molecule has 25 heavy (non-hydrogen) atoms. The van der Waals surface area contributed by atoms with Crippen LogP contribution in [0.2, 0.25) is 0 Å². The number of ether oxygens (including phenoxy) is 3. The van der Waals surface area contributed by atoms with Gasteiger partial charge < -0.3 is 19.9 Å². The molecule has 1 unspecified atom stereocenters. The van der Waals surface area contributed by atoms with Gasteiger partial charge in [0.25, 0.3) is 5.91 Å². The lowest BCUT2D eigenvalue weighted by molar-refractivity contribution is -0.125. The van der Waals surface area contributed by atoms with E-state index in [-0.39, 0.29) is 5.56 Å². The maximum absolute atomic E-state index is 12.1. The highest BCUT2D eigenvalue weighted by molar-refractivity contribution is 9.10. The van der Waals surface area contributed by atoms with Gasteiger partial charge in [-0.1, -0.05) is 30.3 Å². The Morgan fingerprint density at radius 2 is 1.88 bits per heavy atom. The molecule has 2 rings (SSSR count). The first kappa shape index (κ1) is 18.8. The summed E-state index contributed by atoms with van der Waals surface area (Å²) < 4.78 is 16.6. The Hall–Kier alpha value is -2.54. The summed E-state index contributed by atoms with van der Waals surface area (Å²) in [6, 6.07) is 12.7. The molecular formula is C18H18BrNO5. The second kappa shape index (κ2) is 8.53. The minimum absolute atomic E-state index is 0.212. The number of benzene rings is 2. The Morgan fingerprint density at radius 1 is 1.20 bits per heavy atom. The van der Waals surface area contributed by atoms with Crippen LogP contribution in [-0.2, 0) is 16.1 Å². The lowest BCUT2D eigenvalue weighted by atomic mass is 10.2. The van der Waals surface area contributed by atoms with Crippen molar-refractivity contribution in [2.45, 2.75) is 19.6 Å². The van der Waals surface area contributed by atoms with E-state index in [9.17, 15) is 9.59 Å². The summed E-state index contributed by atoms with van der Waals surface area (Å²) in [6.45, 7) is 1.75. The van der Waals surface area contributed by atoms with E-state index in [0.717, 1.165) is 5.56 Å². The fraction of sp³-hybridized carbons (Fsp3) is 0.222. The summed E-state index contributed by atoms with van der Waals surface area (Å²) in [7, 11) is 1.47. The molecule has 0 heterocycles. The molecule has 2 aromatic carbocycles. The van der Waals surface area contributed by atoms with Crippen LogP contribution < -0.4 is 15.2 Å². The second-order valence-electron chi connectivity index (χ2n) is 5.21. The van der Waals surface area contributed by atoms with Gasteiger partial charge in [0.1, 0.15) is 6.61 Å². The molecule has 1 atom stereocenters. The first-order chi connectivity index (χ1) is 11.9. The molecule has 2 aromatic rings. The number of hydrogen-bond donors (Lipinski definition) is 1. The topological polar surface area (TPSA) is 87.9 Å². The molecule has 0 fully saturated rings. The van der Waals surface area contributed by atoms with Crippen LogP contribution in [0.3, 0.4) is 0 Å². The molecule has 0 spiro atoms. The third-order valence-electron chi connectivity index (χ3n) is 3.38. The first-order valence-electron chi connectivity index (χ1n) is 7.47. The van der Waals surface area contributed by atoms with Gasteiger partial charge in [-0.05, 0) is 40.5 Å². The molecule has 0 aliphatic rings. The van der Waals surface area contributed by atoms with Crippen LogP contribution in [0.5, 0.6) is 11.5 Å². The standard InChI is InChI=1S/C18H18BrNO5/c1-11(17(20)21)25-18(22)13-8-14(19)16(15(9-13)23-2)24-10-12-6-4-3-5-7-12/h3-9,11H,10H2,1-2H3,(H2,20,21). The lowest BCUT2D eigenvalue weighted by Crippen LogP contribution is -2.30. The normalized spacial score (nSPS) is 11.5. The van der Waals surface area contributed by atoms with Gasteiger partial charge in [0.2, 0.25) is 0 Å². The van der Waals surface area contributed by atoms with Crippen molar-refractivity contribution < 1.29 is 23.8 Å². The minimum atomic E-state index is -1.02. The molecule has 1 amide bonds. The quantitative estimate of drug-likeness (QED) is 0.712. The SMILES string of the molecule is COc1cc(C(=O)OC(C)C(N)=O)cc(Br)c1OCc1ccccc1. The van der Waals surface area contributed by atoms with Crippen LogP contribution in [-0.4, -0.2) is 25.1 Å². The Morgan fingerprint density at radius 3 is 2.48 bits per heavy atom. The summed E-state index contributed by atoms with van der Waals surface area (Å²) in [6.07, 6.45) is -1.02. The Labute approximate surface area is 154 Å². The third kappa shape index (κ3) is 4.96.